The Balaban J connectivity index is 1.62. The summed E-state index contributed by atoms with van der Waals surface area (Å²) in [4.78, 5) is 0. The highest BCUT2D eigenvalue weighted by Gasteiger charge is 2.09. The molecule has 0 amide bonds. The summed E-state index contributed by atoms with van der Waals surface area (Å²) in [5.41, 5.74) is 6.81. The van der Waals surface area contributed by atoms with Gasteiger partial charge in [0, 0.05) is 5.56 Å². The number of nitrogens with zero attached hydrogens (tertiary/aromatic N) is 5. The van der Waals surface area contributed by atoms with Crippen LogP contribution >= 0.6 is 0 Å². The number of hydrogen-bond donors (Lipinski definition) is 1. The Morgan fingerprint density at radius 1 is 0.920 bits per heavy atom. The fourth-order valence-corrected chi connectivity index (χ4v) is 2.44. The van der Waals surface area contributed by atoms with Crippen LogP contribution in [0.4, 0.5) is 5.82 Å². The molecule has 0 aliphatic heterocycles. The number of rotatable bonds is 4. The first-order chi connectivity index (χ1) is 12.3. The third kappa shape index (κ3) is 3.23. The zero-order valence-corrected chi connectivity index (χ0v) is 13.7. The van der Waals surface area contributed by atoms with Crippen LogP contribution in [-0.2, 0) is 0 Å². The molecule has 4 rings (SSSR count). The highest BCUT2D eigenvalue weighted by molar-refractivity contribution is 5.79. The van der Waals surface area contributed by atoms with E-state index in [0.717, 1.165) is 11.1 Å². The van der Waals surface area contributed by atoms with Crippen molar-refractivity contribution in [1.29, 1.82) is 0 Å². The first kappa shape index (κ1) is 15.0. The van der Waals surface area contributed by atoms with E-state index in [9.17, 15) is 0 Å². The van der Waals surface area contributed by atoms with E-state index in [1.165, 1.54) is 5.56 Å². The lowest BCUT2D eigenvalue weighted by molar-refractivity contribution is 0.933. The number of aryl methyl sites for hydroxylation is 1. The lowest BCUT2D eigenvalue weighted by Crippen LogP contribution is -2.00. The predicted octanol–water partition coefficient (Wildman–Crippen LogP) is 3.55. The highest BCUT2D eigenvalue weighted by atomic mass is 15.4. The normalized spacial score (nSPS) is 11.2. The Morgan fingerprint density at radius 3 is 2.52 bits per heavy atom. The molecule has 4 aromatic rings. The van der Waals surface area contributed by atoms with Crippen molar-refractivity contribution < 1.29 is 0 Å². The zero-order valence-electron chi connectivity index (χ0n) is 13.7. The molecule has 0 saturated heterocycles. The first-order valence-electron chi connectivity index (χ1n) is 7.93. The van der Waals surface area contributed by atoms with Crippen LogP contribution in [0.5, 0.6) is 0 Å². The number of hydrogen-bond acceptors (Lipinski definition) is 5. The monoisotopic (exact) mass is 328 g/mol. The van der Waals surface area contributed by atoms with Gasteiger partial charge in [-0.15, -0.1) is 15.3 Å². The van der Waals surface area contributed by atoms with Gasteiger partial charge in [0.2, 0.25) is 0 Å². The minimum atomic E-state index is 0.618. The smallest absolute Gasteiger partial charge is 0.185 e. The van der Waals surface area contributed by atoms with Gasteiger partial charge in [-0.05, 0) is 24.6 Å². The van der Waals surface area contributed by atoms with Crippen molar-refractivity contribution in [3.05, 3.63) is 77.9 Å². The van der Waals surface area contributed by atoms with E-state index in [-0.39, 0.29) is 0 Å². The van der Waals surface area contributed by atoms with E-state index in [1.807, 2.05) is 66.7 Å². The summed E-state index contributed by atoms with van der Waals surface area (Å²) in [6, 6.07) is 21.7. The molecule has 6 heteroatoms. The third-order valence-electron chi connectivity index (χ3n) is 3.76. The summed E-state index contributed by atoms with van der Waals surface area (Å²) < 4.78 is 1.71. The molecular formula is C19H16N6. The van der Waals surface area contributed by atoms with E-state index < -0.39 is 0 Å². The summed E-state index contributed by atoms with van der Waals surface area (Å²) in [6.45, 7) is 2.05. The number of benzene rings is 2. The van der Waals surface area contributed by atoms with Gasteiger partial charge in [-0.3, -0.25) is 5.43 Å². The van der Waals surface area contributed by atoms with Gasteiger partial charge < -0.3 is 0 Å². The Hall–Kier alpha value is -3.54. The van der Waals surface area contributed by atoms with Crippen LogP contribution in [-0.4, -0.2) is 26.0 Å². The van der Waals surface area contributed by atoms with Gasteiger partial charge >= 0.3 is 0 Å². The number of nitrogens with one attached hydrogen (secondary N) is 1. The Bertz CT molecular complexity index is 1020. The van der Waals surface area contributed by atoms with Crippen molar-refractivity contribution in [2.24, 2.45) is 5.10 Å². The fraction of sp³-hybridized carbons (Fsp3) is 0.0526. The summed E-state index contributed by atoms with van der Waals surface area (Å²) in [5, 5.41) is 17.2. The standard InChI is InChI=1S/C19H16N6/c1-14-7-9-16(10-8-14)19-23-22-18-12-11-17(24-25(18)19)21-20-13-15-5-3-2-4-6-15/h2-13H,1H3,(H,21,24)/b20-13+. The largest absolute Gasteiger partial charge is 0.260 e. The maximum absolute atomic E-state index is 4.53. The second kappa shape index (κ2) is 6.52. The molecule has 0 spiro atoms. The maximum Gasteiger partial charge on any atom is 0.185 e. The van der Waals surface area contributed by atoms with E-state index in [1.54, 1.807) is 10.7 Å². The van der Waals surface area contributed by atoms with Gasteiger partial charge in [0.15, 0.2) is 17.3 Å². The molecule has 2 aromatic carbocycles. The van der Waals surface area contributed by atoms with Crippen LogP contribution in [0, 0.1) is 6.92 Å². The Kier molecular flexibility index (Phi) is 3.92. The van der Waals surface area contributed by atoms with Crippen molar-refractivity contribution in [3.8, 4) is 11.4 Å². The van der Waals surface area contributed by atoms with E-state index in [0.29, 0.717) is 17.3 Å². The van der Waals surface area contributed by atoms with Gasteiger partial charge in [0.1, 0.15) is 0 Å². The number of anilines is 1. The van der Waals surface area contributed by atoms with Crippen LogP contribution in [0.25, 0.3) is 17.0 Å². The van der Waals surface area contributed by atoms with Crippen molar-refractivity contribution in [2.45, 2.75) is 6.92 Å². The summed E-state index contributed by atoms with van der Waals surface area (Å²) in [5.74, 6) is 1.32. The molecule has 122 valence electrons. The maximum atomic E-state index is 4.53. The second-order valence-electron chi connectivity index (χ2n) is 5.66. The van der Waals surface area contributed by atoms with Crippen molar-refractivity contribution in [2.75, 3.05) is 5.43 Å². The summed E-state index contributed by atoms with van der Waals surface area (Å²) in [7, 11) is 0. The quantitative estimate of drug-likeness (QED) is 0.459. The summed E-state index contributed by atoms with van der Waals surface area (Å²) >= 11 is 0. The van der Waals surface area contributed by atoms with E-state index >= 15 is 0 Å². The van der Waals surface area contributed by atoms with Crippen LogP contribution in [0.1, 0.15) is 11.1 Å². The van der Waals surface area contributed by atoms with Crippen molar-refractivity contribution >= 4 is 17.7 Å². The predicted molar refractivity (Wildman–Crippen MR) is 98.6 cm³/mol. The minimum absolute atomic E-state index is 0.618. The minimum Gasteiger partial charge on any atom is -0.260 e. The van der Waals surface area contributed by atoms with Crippen molar-refractivity contribution in [3.63, 3.8) is 0 Å². The molecule has 0 aliphatic rings. The van der Waals surface area contributed by atoms with Gasteiger partial charge in [0.25, 0.3) is 0 Å². The molecule has 0 saturated carbocycles. The first-order valence-corrected chi connectivity index (χ1v) is 7.93. The van der Waals surface area contributed by atoms with Crippen LogP contribution in [0.15, 0.2) is 71.8 Å². The molecule has 1 N–H and O–H groups in total. The molecule has 0 bridgehead atoms. The average molecular weight is 328 g/mol. The van der Waals surface area contributed by atoms with Crippen LogP contribution in [0.2, 0.25) is 0 Å². The van der Waals surface area contributed by atoms with Crippen LogP contribution < -0.4 is 5.43 Å². The number of fused-ring (bicyclic) bond motifs is 1. The SMILES string of the molecule is Cc1ccc(-c2nnc3ccc(N/N=C/c4ccccc4)nn23)cc1. The summed E-state index contributed by atoms with van der Waals surface area (Å²) in [6.07, 6.45) is 1.75. The lowest BCUT2D eigenvalue weighted by Gasteiger charge is -2.03. The topological polar surface area (TPSA) is 67.5 Å². The number of hydrazone groups is 1. The lowest BCUT2D eigenvalue weighted by atomic mass is 10.1. The molecule has 0 unspecified atom stereocenters. The van der Waals surface area contributed by atoms with Crippen molar-refractivity contribution in [1.82, 2.24) is 19.8 Å². The highest BCUT2D eigenvalue weighted by Crippen LogP contribution is 2.18. The zero-order chi connectivity index (χ0) is 17.1. The molecule has 0 radical (unpaired) electrons. The third-order valence-corrected chi connectivity index (χ3v) is 3.76. The molecule has 0 atom stereocenters. The molecule has 2 aromatic heterocycles. The van der Waals surface area contributed by atoms with Gasteiger partial charge in [-0.2, -0.15) is 9.62 Å². The molecular weight excluding hydrogens is 312 g/mol. The van der Waals surface area contributed by atoms with Crippen LogP contribution in [0.3, 0.4) is 0 Å². The average Bonchev–Trinajstić information content (AvgIpc) is 3.07. The van der Waals surface area contributed by atoms with E-state index in [2.05, 4.69) is 32.7 Å². The molecule has 25 heavy (non-hydrogen) atoms. The van der Waals surface area contributed by atoms with Gasteiger partial charge in [0.05, 0.1) is 6.21 Å². The van der Waals surface area contributed by atoms with Gasteiger partial charge in [-0.25, -0.2) is 0 Å². The Morgan fingerprint density at radius 2 is 1.72 bits per heavy atom. The Labute approximate surface area is 144 Å². The second-order valence-corrected chi connectivity index (χ2v) is 5.66. The van der Waals surface area contributed by atoms with E-state index in [4.69, 9.17) is 0 Å². The number of aromatic nitrogens is 4. The van der Waals surface area contributed by atoms with Gasteiger partial charge in [-0.1, -0.05) is 60.2 Å². The fourth-order valence-electron chi connectivity index (χ4n) is 2.44. The molecule has 6 nitrogen and oxygen atoms in total. The molecule has 0 aliphatic carbocycles. The molecule has 2 heterocycles. The molecule has 0 fully saturated rings.